The number of nitrogens with zero attached hydrogens (tertiary/aromatic N) is 1. The highest BCUT2D eigenvalue weighted by molar-refractivity contribution is 5.96. The molecule has 2 rings (SSSR count). The standard InChI is InChI=1S/C17H25NO3/c1-4-12-21-14-9-7-8-13(16(19)20)15(14)18-11-6-5-10-17(18,2)3/h7-9H,4-6,10-12H2,1-3H3,(H,19,20). The summed E-state index contributed by atoms with van der Waals surface area (Å²) in [7, 11) is 0. The molecule has 0 saturated carbocycles. The molecule has 116 valence electrons. The molecule has 1 N–H and O–H groups in total. The zero-order valence-electron chi connectivity index (χ0n) is 13.2. The third-order valence-corrected chi connectivity index (χ3v) is 4.11. The molecule has 1 aromatic rings. The largest absolute Gasteiger partial charge is 0.491 e. The number of hydrogen-bond donors (Lipinski definition) is 1. The van der Waals surface area contributed by atoms with Crippen molar-refractivity contribution in [2.75, 3.05) is 18.1 Å². The van der Waals surface area contributed by atoms with Crippen molar-refractivity contribution in [1.29, 1.82) is 0 Å². The Balaban J connectivity index is 2.49. The normalized spacial score (nSPS) is 17.6. The number of anilines is 1. The van der Waals surface area contributed by atoms with Crippen LogP contribution in [0.15, 0.2) is 18.2 Å². The first kappa shape index (κ1) is 15.7. The lowest BCUT2D eigenvalue weighted by atomic mass is 9.89. The van der Waals surface area contributed by atoms with E-state index in [0.29, 0.717) is 17.9 Å². The lowest BCUT2D eigenvalue weighted by Crippen LogP contribution is -2.48. The maximum absolute atomic E-state index is 11.6. The highest BCUT2D eigenvalue weighted by atomic mass is 16.5. The van der Waals surface area contributed by atoms with E-state index in [0.717, 1.165) is 31.5 Å². The van der Waals surface area contributed by atoms with Crippen molar-refractivity contribution in [3.8, 4) is 5.75 Å². The van der Waals surface area contributed by atoms with Gasteiger partial charge in [0.15, 0.2) is 0 Å². The quantitative estimate of drug-likeness (QED) is 0.892. The fourth-order valence-corrected chi connectivity index (χ4v) is 2.98. The summed E-state index contributed by atoms with van der Waals surface area (Å²) < 4.78 is 5.82. The first-order valence-electron chi connectivity index (χ1n) is 7.74. The average molecular weight is 291 g/mol. The zero-order valence-corrected chi connectivity index (χ0v) is 13.2. The van der Waals surface area contributed by atoms with Gasteiger partial charge in [-0.15, -0.1) is 0 Å². The molecule has 1 heterocycles. The molecule has 4 nitrogen and oxygen atoms in total. The predicted octanol–water partition coefficient (Wildman–Crippen LogP) is 3.94. The molecule has 21 heavy (non-hydrogen) atoms. The van der Waals surface area contributed by atoms with Gasteiger partial charge in [0.2, 0.25) is 0 Å². The Bertz CT molecular complexity index is 511. The van der Waals surface area contributed by atoms with Gasteiger partial charge in [-0.25, -0.2) is 4.79 Å². The van der Waals surface area contributed by atoms with E-state index in [2.05, 4.69) is 18.7 Å². The van der Waals surface area contributed by atoms with Crippen LogP contribution in [0.3, 0.4) is 0 Å². The summed E-state index contributed by atoms with van der Waals surface area (Å²) in [5.41, 5.74) is 1.02. The number of carboxylic acids is 1. The molecule has 1 aromatic carbocycles. The lowest BCUT2D eigenvalue weighted by molar-refractivity contribution is 0.0696. The van der Waals surface area contributed by atoms with Crippen LogP contribution in [0.4, 0.5) is 5.69 Å². The van der Waals surface area contributed by atoms with Crippen LogP contribution in [0.1, 0.15) is 56.8 Å². The second-order valence-electron chi connectivity index (χ2n) is 6.23. The van der Waals surface area contributed by atoms with Crippen molar-refractivity contribution >= 4 is 11.7 Å². The van der Waals surface area contributed by atoms with Crippen LogP contribution >= 0.6 is 0 Å². The first-order chi connectivity index (χ1) is 9.97. The molecule has 0 amide bonds. The van der Waals surface area contributed by atoms with E-state index < -0.39 is 5.97 Å². The number of para-hydroxylation sites is 1. The number of carboxylic acid groups (broad SMARTS) is 1. The minimum atomic E-state index is -0.895. The average Bonchev–Trinajstić information content (AvgIpc) is 2.44. The van der Waals surface area contributed by atoms with Gasteiger partial charge >= 0.3 is 5.97 Å². The molecule has 1 aliphatic rings. The van der Waals surface area contributed by atoms with Crippen molar-refractivity contribution in [2.24, 2.45) is 0 Å². The predicted molar refractivity (Wildman–Crippen MR) is 84.5 cm³/mol. The van der Waals surface area contributed by atoms with E-state index in [-0.39, 0.29) is 5.54 Å². The van der Waals surface area contributed by atoms with Gasteiger partial charge in [-0.1, -0.05) is 13.0 Å². The van der Waals surface area contributed by atoms with E-state index in [1.54, 1.807) is 12.1 Å². The van der Waals surface area contributed by atoms with Crippen molar-refractivity contribution in [3.05, 3.63) is 23.8 Å². The molecular weight excluding hydrogens is 266 g/mol. The number of piperidine rings is 1. The molecule has 4 heteroatoms. The van der Waals surface area contributed by atoms with Crippen LogP contribution in [0, 0.1) is 0 Å². The summed E-state index contributed by atoms with van der Waals surface area (Å²) in [5, 5.41) is 9.53. The minimum absolute atomic E-state index is 0.0475. The third-order valence-electron chi connectivity index (χ3n) is 4.11. The third kappa shape index (κ3) is 3.31. The number of hydrogen-bond acceptors (Lipinski definition) is 3. The number of rotatable bonds is 5. The van der Waals surface area contributed by atoms with Crippen LogP contribution in [0.2, 0.25) is 0 Å². The fourth-order valence-electron chi connectivity index (χ4n) is 2.98. The van der Waals surface area contributed by atoms with Gasteiger partial charge in [-0.05, 0) is 51.7 Å². The van der Waals surface area contributed by atoms with Crippen LogP contribution in [-0.4, -0.2) is 29.8 Å². The van der Waals surface area contributed by atoms with E-state index in [9.17, 15) is 9.90 Å². The molecule has 1 saturated heterocycles. The van der Waals surface area contributed by atoms with Crippen LogP contribution < -0.4 is 9.64 Å². The van der Waals surface area contributed by atoms with Gasteiger partial charge in [-0.2, -0.15) is 0 Å². The zero-order chi connectivity index (χ0) is 15.5. The van der Waals surface area contributed by atoms with Gasteiger partial charge in [-0.3, -0.25) is 0 Å². The second kappa shape index (κ2) is 6.37. The Labute approximate surface area is 126 Å². The monoisotopic (exact) mass is 291 g/mol. The van der Waals surface area contributed by atoms with Crippen molar-refractivity contribution in [2.45, 2.75) is 52.0 Å². The molecule has 0 atom stereocenters. The Morgan fingerprint density at radius 2 is 2.14 bits per heavy atom. The van der Waals surface area contributed by atoms with E-state index in [1.807, 2.05) is 13.0 Å². The molecule has 0 bridgehead atoms. The molecule has 1 aliphatic heterocycles. The Hall–Kier alpha value is -1.71. The van der Waals surface area contributed by atoms with Gasteiger partial charge in [0.1, 0.15) is 5.75 Å². The van der Waals surface area contributed by atoms with Gasteiger partial charge < -0.3 is 14.7 Å². The number of ether oxygens (including phenoxy) is 1. The summed E-state index contributed by atoms with van der Waals surface area (Å²) in [6.45, 7) is 7.87. The molecule has 0 spiro atoms. The molecule has 0 aromatic heterocycles. The second-order valence-corrected chi connectivity index (χ2v) is 6.23. The van der Waals surface area contributed by atoms with Gasteiger partial charge in [0.25, 0.3) is 0 Å². The highest BCUT2D eigenvalue weighted by Crippen LogP contribution is 2.40. The SMILES string of the molecule is CCCOc1cccc(C(=O)O)c1N1CCCCC1(C)C. The topological polar surface area (TPSA) is 49.8 Å². The number of benzene rings is 1. The van der Waals surface area contributed by atoms with Crippen molar-refractivity contribution < 1.29 is 14.6 Å². The summed E-state index contributed by atoms with van der Waals surface area (Å²) in [6.07, 6.45) is 4.24. The Morgan fingerprint density at radius 1 is 1.38 bits per heavy atom. The summed E-state index contributed by atoms with van der Waals surface area (Å²) in [4.78, 5) is 13.8. The summed E-state index contributed by atoms with van der Waals surface area (Å²) >= 11 is 0. The van der Waals surface area contributed by atoms with Crippen molar-refractivity contribution in [1.82, 2.24) is 0 Å². The smallest absolute Gasteiger partial charge is 0.337 e. The summed E-state index contributed by atoms with van der Waals surface area (Å²) in [6, 6.07) is 5.30. The molecule has 0 aliphatic carbocycles. The van der Waals surface area contributed by atoms with E-state index in [4.69, 9.17) is 4.74 Å². The maximum Gasteiger partial charge on any atom is 0.337 e. The van der Waals surface area contributed by atoms with E-state index in [1.165, 1.54) is 6.42 Å². The molecular formula is C17H25NO3. The molecule has 0 unspecified atom stereocenters. The van der Waals surface area contributed by atoms with E-state index >= 15 is 0 Å². The lowest BCUT2D eigenvalue weighted by Gasteiger charge is -2.45. The fraction of sp³-hybridized carbons (Fsp3) is 0.588. The summed E-state index contributed by atoms with van der Waals surface area (Å²) in [5.74, 6) is -0.208. The number of carbonyl (C=O) groups is 1. The van der Waals surface area contributed by atoms with Crippen molar-refractivity contribution in [3.63, 3.8) is 0 Å². The minimum Gasteiger partial charge on any atom is -0.491 e. The first-order valence-corrected chi connectivity index (χ1v) is 7.74. The van der Waals surface area contributed by atoms with Crippen LogP contribution in [-0.2, 0) is 0 Å². The molecule has 1 fully saturated rings. The highest BCUT2D eigenvalue weighted by Gasteiger charge is 2.34. The maximum atomic E-state index is 11.6. The number of aromatic carboxylic acids is 1. The van der Waals surface area contributed by atoms with Gasteiger partial charge in [0.05, 0.1) is 17.9 Å². The van der Waals surface area contributed by atoms with Gasteiger partial charge in [0, 0.05) is 12.1 Å². The Kier molecular flexibility index (Phi) is 4.76. The Morgan fingerprint density at radius 3 is 2.76 bits per heavy atom. The molecule has 0 radical (unpaired) electrons. The van der Waals surface area contributed by atoms with Crippen LogP contribution in [0.5, 0.6) is 5.75 Å². The van der Waals surface area contributed by atoms with Crippen LogP contribution in [0.25, 0.3) is 0 Å².